The Kier molecular flexibility index (Phi) is 12.1. The number of rotatable bonds is 7. The molecule has 0 aliphatic heterocycles. The second-order valence-corrected chi connectivity index (χ2v) is 8.06. The molecule has 0 unspecified atom stereocenters. The largest absolute Gasteiger partial charge is 0.465 e. The molecule has 2 amide bonds. The molecule has 0 aromatic heterocycles. The fourth-order valence-corrected chi connectivity index (χ4v) is 3.60. The fraction of sp³-hybridized carbons (Fsp3) is 0.308. The molecule has 15 heteroatoms. The number of anilines is 2. The molecule has 0 aliphatic rings. The fourth-order valence-electron chi connectivity index (χ4n) is 3.60. The van der Waals surface area contributed by atoms with E-state index in [1.165, 1.54) is 40.2 Å². The minimum absolute atomic E-state index is 0.0386. The van der Waals surface area contributed by atoms with E-state index in [4.69, 9.17) is 0 Å². The third-order valence-corrected chi connectivity index (χ3v) is 5.42. The third kappa shape index (κ3) is 8.08. The van der Waals surface area contributed by atoms with E-state index < -0.39 is 40.4 Å². The summed E-state index contributed by atoms with van der Waals surface area (Å²) in [5.41, 5.74) is -0.105. The number of nitrogens with one attached hydrogen (secondary N) is 2. The first-order chi connectivity index (χ1) is 19.2. The SMILES string of the molecule is COC(=O)c1cc([N+](=O)[O-])c(NC(C)=O)c(C)c1C(=O)OC.COC(=O)c1ccc(NC(C)=O)c(C)c1C(=O)OC. The molecule has 0 atom stereocenters. The second-order valence-electron chi connectivity index (χ2n) is 8.06. The van der Waals surface area contributed by atoms with Crippen LogP contribution in [0.4, 0.5) is 17.1 Å². The molecule has 2 aromatic carbocycles. The molecule has 15 nitrogen and oxygen atoms in total. The van der Waals surface area contributed by atoms with E-state index in [-0.39, 0.29) is 39.4 Å². The van der Waals surface area contributed by atoms with Crippen molar-refractivity contribution < 1.29 is 52.6 Å². The molecule has 0 radical (unpaired) electrons. The van der Waals surface area contributed by atoms with Gasteiger partial charge < -0.3 is 29.6 Å². The number of carbonyl (C=O) groups excluding carboxylic acids is 6. The molecule has 0 aliphatic carbocycles. The van der Waals surface area contributed by atoms with E-state index in [1.54, 1.807) is 6.92 Å². The van der Waals surface area contributed by atoms with Gasteiger partial charge in [0.1, 0.15) is 5.69 Å². The van der Waals surface area contributed by atoms with Gasteiger partial charge in [0.05, 0.1) is 55.6 Å². The third-order valence-electron chi connectivity index (χ3n) is 5.42. The van der Waals surface area contributed by atoms with Crippen LogP contribution in [0.5, 0.6) is 0 Å². The number of amides is 2. The number of nitro groups is 1. The first kappa shape index (κ1) is 33.7. The summed E-state index contributed by atoms with van der Waals surface area (Å²) in [5.74, 6) is -3.94. The van der Waals surface area contributed by atoms with E-state index in [9.17, 15) is 38.9 Å². The summed E-state index contributed by atoms with van der Waals surface area (Å²) in [5, 5.41) is 16.0. The van der Waals surface area contributed by atoms with Crippen molar-refractivity contribution in [2.45, 2.75) is 27.7 Å². The highest BCUT2D eigenvalue weighted by Crippen LogP contribution is 2.34. The molecule has 2 N–H and O–H groups in total. The molecular formula is C26H29N3O12. The molecule has 220 valence electrons. The lowest BCUT2D eigenvalue weighted by Crippen LogP contribution is -2.18. The average molecular weight is 576 g/mol. The maximum Gasteiger partial charge on any atom is 0.339 e. The van der Waals surface area contributed by atoms with Gasteiger partial charge in [-0.3, -0.25) is 19.7 Å². The normalized spacial score (nSPS) is 9.76. The van der Waals surface area contributed by atoms with Crippen molar-refractivity contribution in [3.05, 3.63) is 61.7 Å². The van der Waals surface area contributed by atoms with E-state index in [2.05, 4.69) is 29.6 Å². The number of ether oxygens (including phenoxy) is 4. The quantitative estimate of drug-likeness (QED) is 0.211. The van der Waals surface area contributed by atoms with Crippen LogP contribution in [0.2, 0.25) is 0 Å². The summed E-state index contributed by atoms with van der Waals surface area (Å²) in [6, 6.07) is 3.82. The van der Waals surface area contributed by atoms with Crippen LogP contribution in [0.1, 0.15) is 66.4 Å². The molecular weight excluding hydrogens is 546 g/mol. The van der Waals surface area contributed by atoms with Gasteiger partial charge in [-0.1, -0.05) is 0 Å². The van der Waals surface area contributed by atoms with Crippen molar-refractivity contribution in [1.29, 1.82) is 0 Å². The van der Waals surface area contributed by atoms with Gasteiger partial charge in [-0.25, -0.2) is 19.2 Å². The van der Waals surface area contributed by atoms with Crippen LogP contribution in [-0.2, 0) is 28.5 Å². The highest BCUT2D eigenvalue weighted by Gasteiger charge is 2.30. The molecule has 0 saturated heterocycles. The molecule has 2 aromatic rings. The van der Waals surface area contributed by atoms with Gasteiger partial charge in [0, 0.05) is 25.6 Å². The van der Waals surface area contributed by atoms with Crippen LogP contribution < -0.4 is 10.6 Å². The Morgan fingerprint density at radius 3 is 1.54 bits per heavy atom. The highest BCUT2D eigenvalue weighted by atomic mass is 16.6. The van der Waals surface area contributed by atoms with Crippen molar-refractivity contribution in [3.8, 4) is 0 Å². The minimum atomic E-state index is -0.930. The number of hydrogen-bond acceptors (Lipinski definition) is 12. The van der Waals surface area contributed by atoms with E-state index >= 15 is 0 Å². The van der Waals surface area contributed by atoms with Crippen molar-refractivity contribution in [1.82, 2.24) is 0 Å². The maximum absolute atomic E-state index is 11.9. The van der Waals surface area contributed by atoms with Crippen LogP contribution in [0, 0.1) is 24.0 Å². The number of nitrogens with zero attached hydrogens (tertiary/aromatic N) is 1. The Morgan fingerprint density at radius 1 is 0.683 bits per heavy atom. The standard InChI is InChI=1S/C13H14N2O7.C13H15NO5/c1-6-10(13(18)22-4)8(12(17)21-3)5-9(15(19)20)11(6)14-7(2)16;1-7-10(14-8(2)15)6-5-9(12(16)18-3)11(7)13(17)19-4/h5H,1-4H3,(H,14,16);5-6H,1-4H3,(H,14,15). The van der Waals surface area contributed by atoms with Crippen LogP contribution in [0.25, 0.3) is 0 Å². The Balaban J connectivity index is 0.000000414. The number of hydrogen-bond donors (Lipinski definition) is 2. The maximum atomic E-state index is 11.9. The lowest BCUT2D eigenvalue weighted by molar-refractivity contribution is -0.384. The summed E-state index contributed by atoms with van der Waals surface area (Å²) < 4.78 is 18.4. The number of nitro benzene ring substituents is 1. The number of carbonyl (C=O) groups is 6. The zero-order valence-corrected chi connectivity index (χ0v) is 23.6. The van der Waals surface area contributed by atoms with Crippen molar-refractivity contribution in [2.24, 2.45) is 0 Å². The van der Waals surface area contributed by atoms with Crippen molar-refractivity contribution >= 4 is 52.8 Å². The summed E-state index contributed by atoms with van der Waals surface area (Å²) in [6.07, 6.45) is 0. The lowest BCUT2D eigenvalue weighted by Gasteiger charge is -2.14. The molecule has 0 fully saturated rings. The van der Waals surface area contributed by atoms with Gasteiger partial charge in [-0.2, -0.15) is 0 Å². The molecule has 0 heterocycles. The van der Waals surface area contributed by atoms with E-state index in [1.807, 2.05) is 0 Å². The monoisotopic (exact) mass is 575 g/mol. The Bertz CT molecular complexity index is 1420. The molecule has 41 heavy (non-hydrogen) atoms. The van der Waals surface area contributed by atoms with Crippen LogP contribution in [0.3, 0.4) is 0 Å². The molecule has 0 saturated carbocycles. The number of benzene rings is 2. The van der Waals surface area contributed by atoms with Gasteiger partial charge in [0.15, 0.2) is 0 Å². The average Bonchev–Trinajstić information content (AvgIpc) is 2.92. The molecule has 0 bridgehead atoms. The van der Waals surface area contributed by atoms with Gasteiger partial charge in [0.2, 0.25) is 11.8 Å². The summed E-state index contributed by atoms with van der Waals surface area (Å²) in [4.78, 5) is 79.7. The second kappa shape index (κ2) is 14.7. The highest BCUT2D eigenvalue weighted by molar-refractivity contribution is 6.08. The van der Waals surface area contributed by atoms with Crippen LogP contribution in [0.15, 0.2) is 18.2 Å². The van der Waals surface area contributed by atoms with E-state index in [0.29, 0.717) is 11.3 Å². The summed E-state index contributed by atoms with van der Waals surface area (Å²) >= 11 is 0. The first-order valence-electron chi connectivity index (χ1n) is 11.5. The number of methoxy groups -OCH3 is 4. The van der Waals surface area contributed by atoms with Crippen LogP contribution >= 0.6 is 0 Å². The topological polar surface area (TPSA) is 207 Å². The Morgan fingerprint density at radius 2 is 1.12 bits per heavy atom. The van der Waals surface area contributed by atoms with Crippen molar-refractivity contribution in [2.75, 3.05) is 39.1 Å². The Hall–Kier alpha value is -5.34. The lowest BCUT2D eigenvalue weighted by atomic mass is 9.98. The zero-order chi connectivity index (χ0) is 31.6. The predicted molar refractivity (Wildman–Crippen MR) is 143 cm³/mol. The zero-order valence-electron chi connectivity index (χ0n) is 23.6. The van der Waals surface area contributed by atoms with Gasteiger partial charge in [-0.05, 0) is 37.1 Å². The van der Waals surface area contributed by atoms with Gasteiger partial charge in [0.25, 0.3) is 5.69 Å². The van der Waals surface area contributed by atoms with Crippen molar-refractivity contribution in [3.63, 3.8) is 0 Å². The summed E-state index contributed by atoms with van der Waals surface area (Å²) in [7, 11) is 4.61. The number of esters is 4. The van der Waals surface area contributed by atoms with Gasteiger partial charge >= 0.3 is 23.9 Å². The predicted octanol–water partition coefficient (Wildman–Crippen LogP) is 2.96. The smallest absolute Gasteiger partial charge is 0.339 e. The van der Waals surface area contributed by atoms with E-state index in [0.717, 1.165) is 27.2 Å². The Labute approximate surface area is 234 Å². The van der Waals surface area contributed by atoms with Gasteiger partial charge in [-0.15, -0.1) is 0 Å². The van der Waals surface area contributed by atoms with Crippen LogP contribution in [-0.4, -0.2) is 69.1 Å². The molecule has 0 spiro atoms. The first-order valence-corrected chi connectivity index (χ1v) is 11.5. The minimum Gasteiger partial charge on any atom is -0.465 e. The molecule has 2 rings (SSSR count). The summed E-state index contributed by atoms with van der Waals surface area (Å²) in [6.45, 7) is 5.49.